The van der Waals surface area contributed by atoms with Gasteiger partial charge in [-0.2, -0.15) is 0 Å². The SMILES string of the molecule is COC1CC(NC(C)c2ccccc2Br)C1. The van der Waals surface area contributed by atoms with E-state index in [1.165, 1.54) is 10.0 Å². The summed E-state index contributed by atoms with van der Waals surface area (Å²) in [6, 6.07) is 9.37. The lowest BCUT2D eigenvalue weighted by Crippen LogP contribution is -2.45. The second-order valence-corrected chi connectivity index (χ2v) is 5.29. The van der Waals surface area contributed by atoms with E-state index in [1.807, 2.05) is 6.07 Å². The smallest absolute Gasteiger partial charge is 0.0601 e. The minimum atomic E-state index is 0.387. The van der Waals surface area contributed by atoms with Crippen molar-refractivity contribution < 1.29 is 4.74 Å². The Balaban J connectivity index is 1.89. The van der Waals surface area contributed by atoms with Crippen LogP contribution in [-0.2, 0) is 4.74 Å². The molecule has 1 atom stereocenters. The van der Waals surface area contributed by atoms with E-state index in [1.54, 1.807) is 7.11 Å². The quantitative estimate of drug-likeness (QED) is 0.916. The maximum atomic E-state index is 5.28. The second kappa shape index (κ2) is 5.30. The van der Waals surface area contributed by atoms with E-state index < -0.39 is 0 Å². The van der Waals surface area contributed by atoms with Crippen molar-refractivity contribution in [3.8, 4) is 0 Å². The van der Waals surface area contributed by atoms with Crippen LogP contribution in [0.3, 0.4) is 0 Å². The number of nitrogens with one attached hydrogen (secondary N) is 1. The van der Waals surface area contributed by atoms with Gasteiger partial charge >= 0.3 is 0 Å². The number of ether oxygens (including phenoxy) is 1. The molecule has 1 unspecified atom stereocenters. The number of rotatable bonds is 4. The van der Waals surface area contributed by atoms with Gasteiger partial charge in [-0.25, -0.2) is 0 Å². The first-order chi connectivity index (χ1) is 7.70. The van der Waals surface area contributed by atoms with E-state index in [0.717, 1.165) is 12.8 Å². The van der Waals surface area contributed by atoms with Crippen LogP contribution in [-0.4, -0.2) is 19.3 Å². The van der Waals surface area contributed by atoms with Gasteiger partial charge in [-0.15, -0.1) is 0 Å². The average Bonchev–Trinajstić information content (AvgIpc) is 2.23. The third kappa shape index (κ3) is 2.65. The fourth-order valence-electron chi connectivity index (χ4n) is 2.16. The summed E-state index contributed by atoms with van der Waals surface area (Å²) in [5.74, 6) is 0. The summed E-state index contributed by atoms with van der Waals surface area (Å²) in [4.78, 5) is 0. The Bertz CT molecular complexity index is 350. The first kappa shape index (κ1) is 12.1. The molecule has 0 bridgehead atoms. The van der Waals surface area contributed by atoms with Crippen molar-refractivity contribution in [2.75, 3.05) is 7.11 Å². The van der Waals surface area contributed by atoms with Crippen LogP contribution in [0.25, 0.3) is 0 Å². The molecule has 0 aliphatic heterocycles. The summed E-state index contributed by atoms with van der Waals surface area (Å²) in [5, 5.41) is 3.63. The molecule has 1 N–H and O–H groups in total. The Morgan fingerprint density at radius 3 is 2.69 bits per heavy atom. The van der Waals surface area contributed by atoms with E-state index >= 15 is 0 Å². The Hall–Kier alpha value is -0.380. The molecule has 88 valence electrons. The lowest BCUT2D eigenvalue weighted by Gasteiger charge is -2.37. The highest BCUT2D eigenvalue weighted by molar-refractivity contribution is 9.10. The van der Waals surface area contributed by atoms with Gasteiger partial charge in [-0.05, 0) is 31.4 Å². The first-order valence-corrected chi connectivity index (χ1v) is 6.53. The van der Waals surface area contributed by atoms with Gasteiger partial charge in [0, 0.05) is 23.7 Å². The van der Waals surface area contributed by atoms with Crippen LogP contribution in [0.4, 0.5) is 0 Å². The Morgan fingerprint density at radius 1 is 1.38 bits per heavy atom. The zero-order chi connectivity index (χ0) is 11.5. The van der Waals surface area contributed by atoms with Crippen molar-refractivity contribution in [2.24, 2.45) is 0 Å². The third-order valence-electron chi connectivity index (χ3n) is 3.29. The summed E-state index contributed by atoms with van der Waals surface area (Å²) < 4.78 is 6.46. The molecule has 0 spiro atoms. The molecule has 1 aromatic carbocycles. The molecule has 2 nitrogen and oxygen atoms in total. The van der Waals surface area contributed by atoms with Crippen molar-refractivity contribution in [1.82, 2.24) is 5.32 Å². The van der Waals surface area contributed by atoms with Gasteiger partial charge in [0.05, 0.1) is 6.10 Å². The van der Waals surface area contributed by atoms with E-state index in [2.05, 4.69) is 46.4 Å². The molecular weight excluding hydrogens is 266 g/mol. The van der Waals surface area contributed by atoms with Crippen molar-refractivity contribution in [2.45, 2.75) is 38.0 Å². The standard InChI is InChI=1S/C13H18BrNO/c1-9(12-5-3-4-6-13(12)14)15-10-7-11(8-10)16-2/h3-6,9-11,15H,7-8H2,1-2H3. The highest BCUT2D eigenvalue weighted by atomic mass is 79.9. The average molecular weight is 284 g/mol. The molecule has 16 heavy (non-hydrogen) atoms. The molecular formula is C13H18BrNO. The first-order valence-electron chi connectivity index (χ1n) is 5.74. The summed E-state index contributed by atoms with van der Waals surface area (Å²) in [6.07, 6.45) is 2.72. The normalized spacial score (nSPS) is 26.2. The largest absolute Gasteiger partial charge is 0.381 e. The Kier molecular flexibility index (Phi) is 4.00. The molecule has 1 fully saturated rings. The molecule has 0 aromatic heterocycles. The zero-order valence-electron chi connectivity index (χ0n) is 9.74. The maximum Gasteiger partial charge on any atom is 0.0601 e. The number of hydrogen-bond acceptors (Lipinski definition) is 2. The lowest BCUT2D eigenvalue weighted by atomic mass is 9.88. The lowest BCUT2D eigenvalue weighted by molar-refractivity contribution is 0.0147. The minimum absolute atomic E-state index is 0.387. The summed E-state index contributed by atoms with van der Waals surface area (Å²) in [7, 11) is 1.79. The maximum absolute atomic E-state index is 5.28. The van der Waals surface area contributed by atoms with Crippen molar-refractivity contribution in [3.63, 3.8) is 0 Å². The van der Waals surface area contributed by atoms with E-state index in [9.17, 15) is 0 Å². The van der Waals surface area contributed by atoms with Gasteiger partial charge in [0.2, 0.25) is 0 Å². The van der Waals surface area contributed by atoms with Crippen LogP contribution >= 0.6 is 15.9 Å². The van der Waals surface area contributed by atoms with E-state index in [0.29, 0.717) is 18.2 Å². The third-order valence-corrected chi connectivity index (χ3v) is 4.01. The van der Waals surface area contributed by atoms with Crippen LogP contribution in [0.15, 0.2) is 28.7 Å². The topological polar surface area (TPSA) is 21.3 Å². The number of hydrogen-bond donors (Lipinski definition) is 1. The highest BCUT2D eigenvalue weighted by Crippen LogP contribution is 2.28. The van der Waals surface area contributed by atoms with Crippen LogP contribution < -0.4 is 5.32 Å². The molecule has 1 aromatic rings. The van der Waals surface area contributed by atoms with Gasteiger partial charge in [0.1, 0.15) is 0 Å². The van der Waals surface area contributed by atoms with Crippen LogP contribution in [0.1, 0.15) is 31.4 Å². The van der Waals surface area contributed by atoms with Gasteiger partial charge in [-0.1, -0.05) is 34.1 Å². The monoisotopic (exact) mass is 283 g/mol. The fraction of sp³-hybridized carbons (Fsp3) is 0.538. The predicted octanol–water partition coefficient (Wildman–Crippen LogP) is 3.28. The minimum Gasteiger partial charge on any atom is -0.381 e. The molecule has 1 aliphatic rings. The Labute approximate surface area is 106 Å². The summed E-state index contributed by atoms with van der Waals surface area (Å²) >= 11 is 3.59. The van der Waals surface area contributed by atoms with E-state index in [4.69, 9.17) is 4.74 Å². The second-order valence-electron chi connectivity index (χ2n) is 4.44. The van der Waals surface area contributed by atoms with Crippen molar-refractivity contribution in [1.29, 1.82) is 0 Å². The zero-order valence-corrected chi connectivity index (χ0v) is 11.3. The number of benzene rings is 1. The van der Waals surface area contributed by atoms with Crippen LogP contribution in [0.5, 0.6) is 0 Å². The molecule has 0 radical (unpaired) electrons. The molecule has 1 saturated carbocycles. The molecule has 0 amide bonds. The van der Waals surface area contributed by atoms with Gasteiger partial charge in [0.25, 0.3) is 0 Å². The van der Waals surface area contributed by atoms with Crippen LogP contribution in [0, 0.1) is 0 Å². The van der Waals surface area contributed by atoms with E-state index in [-0.39, 0.29) is 0 Å². The Morgan fingerprint density at radius 2 is 2.06 bits per heavy atom. The van der Waals surface area contributed by atoms with Crippen molar-refractivity contribution >= 4 is 15.9 Å². The highest BCUT2D eigenvalue weighted by Gasteiger charge is 2.29. The van der Waals surface area contributed by atoms with Gasteiger partial charge in [-0.3, -0.25) is 0 Å². The molecule has 2 rings (SSSR count). The predicted molar refractivity (Wildman–Crippen MR) is 69.5 cm³/mol. The number of halogens is 1. The van der Waals surface area contributed by atoms with Crippen molar-refractivity contribution in [3.05, 3.63) is 34.3 Å². The molecule has 3 heteroatoms. The molecule has 0 saturated heterocycles. The summed E-state index contributed by atoms with van der Waals surface area (Å²) in [5.41, 5.74) is 1.32. The van der Waals surface area contributed by atoms with Gasteiger partial charge in [0.15, 0.2) is 0 Å². The summed E-state index contributed by atoms with van der Waals surface area (Å²) in [6.45, 7) is 2.21. The van der Waals surface area contributed by atoms with Gasteiger partial charge < -0.3 is 10.1 Å². The van der Waals surface area contributed by atoms with Crippen LogP contribution in [0.2, 0.25) is 0 Å². The number of methoxy groups -OCH3 is 1. The fourth-order valence-corrected chi connectivity index (χ4v) is 2.79. The molecule has 1 aliphatic carbocycles. The molecule has 0 heterocycles.